The summed E-state index contributed by atoms with van der Waals surface area (Å²) in [6.07, 6.45) is 2.95. The maximum atomic E-state index is 12.3. The van der Waals surface area contributed by atoms with Gasteiger partial charge in [0.1, 0.15) is 12.3 Å². The molecule has 1 aliphatic rings. The molecule has 0 aromatic heterocycles. The maximum absolute atomic E-state index is 12.3. The van der Waals surface area contributed by atoms with Crippen molar-refractivity contribution in [2.75, 3.05) is 13.7 Å². The highest BCUT2D eigenvalue weighted by molar-refractivity contribution is 6.32. The van der Waals surface area contributed by atoms with E-state index in [0.717, 1.165) is 10.5 Å². The fraction of sp³-hybridized carbons (Fsp3) is 0.136. The van der Waals surface area contributed by atoms with Crippen LogP contribution in [0.2, 0.25) is 5.02 Å². The fourth-order valence-corrected chi connectivity index (χ4v) is 3.17. The van der Waals surface area contributed by atoms with Crippen LogP contribution in [0.1, 0.15) is 21.5 Å². The molecule has 9 heteroatoms. The summed E-state index contributed by atoms with van der Waals surface area (Å²) in [5, 5.41) is 11.7. The van der Waals surface area contributed by atoms with Crippen LogP contribution in [-0.4, -0.2) is 41.6 Å². The summed E-state index contributed by atoms with van der Waals surface area (Å²) in [4.78, 5) is 36.2. The van der Waals surface area contributed by atoms with Crippen LogP contribution in [-0.2, 0) is 11.4 Å². The van der Waals surface area contributed by atoms with E-state index in [0.29, 0.717) is 17.1 Å². The number of amides is 3. The van der Waals surface area contributed by atoms with Gasteiger partial charge in [0, 0.05) is 6.54 Å². The molecule has 2 aromatic carbocycles. The Hall–Kier alpha value is -3.78. The lowest BCUT2D eigenvalue weighted by molar-refractivity contribution is -0.122. The van der Waals surface area contributed by atoms with Gasteiger partial charge in [-0.3, -0.25) is 9.69 Å². The highest BCUT2D eigenvalue weighted by Crippen LogP contribution is 2.37. The Labute approximate surface area is 183 Å². The highest BCUT2D eigenvalue weighted by atomic mass is 35.5. The normalized spacial score (nSPS) is 14.5. The van der Waals surface area contributed by atoms with E-state index in [9.17, 15) is 14.4 Å². The number of rotatable bonds is 8. The van der Waals surface area contributed by atoms with Gasteiger partial charge in [0.25, 0.3) is 5.91 Å². The number of aromatic carboxylic acids is 1. The van der Waals surface area contributed by atoms with Crippen LogP contribution in [0.15, 0.2) is 54.8 Å². The van der Waals surface area contributed by atoms with E-state index in [1.54, 1.807) is 24.3 Å². The second-order valence-electron chi connectivity index (χ2n) is 6.52. The molecule has 0 atom stereocenters. The van der Waals surface area contributed by atoms with Gasteiger partial charge >= 0.3 is 12.0 Å². The quantitative estimate of drug-likeness (QED) is 0.367. The number of carbonyl (C=O) groups excluding carboxylic acids is 2. The van der Waals surface area contributed by atoms with Crippen molar-refractivity contribution in [1.29, 1.82) is 0 Å². The molecule has 160 valence electrons. The molecule has 0 unspecified atom stereocenters. The number of imide groups is 1. The third-order valence-electron chi connectivity index (χ3n) is 4.42. The molecule has 0 radical (unpaired) electrons. The van der Waals surface area contributed by atoms with Crippen molar-refractivity contribution in [3.05, 3.63) is 76.5 Å². The molecule has 0 aliphatic carbocycles. The second kappa shape index (κ2) is 9.36. The molecule has 2 N–H and O–H groups in total. The SMILES string of the molecule is C=CCN1C(=O)NC(=Cc2cc(Cl)c(OCc3ccc(C(=O)O)cc3)c(OC)c2)C1=O. The van der Waals surface area contributed by atoms with Crippen molar-refractivity contribution < 1.29 is 29.0 Å². The molecule has 31 heavy (non-hydrogen) atoms. The first kappa shape index (κ1) is 21.9. The average molecular weight is 443 g/mol. The number of nitrogens with one attached hydrogen (secondary N) is 1. The van der Waals surface area contributed by atoms with E-state index < -0.39 is 17.9 Å². The molecule has 1 heterocycles. The zero-order chi connectivity index (χ0) is 22.5. The Morgan fingerprint density at radius 3 is 2.58 bits per heavy atom. The lowest BCUT2D eigenvalue weighted by Gasteiger charge is -2.14. The zero-order valence-corrected chi connectivity index (χ0v) is 17.3. The summed E-state index contributed by atoms with van der Waals surface area (Å²) in [5.74, 6) is -0.846. The average Bonchev–Trinajstić information content (AvgIpc) is 3.00. The second-order valence-corrected chi connectivity index (χ2v) is 6.92. The van der Waals surface area contributed by atoms with E-state index in [1.165, 1.54) is 31.4 Å². The lowest BCUT2D eigenvalue weighted by Crippen LogP contribution is -2.30. The van der Waals surface area contributed by atoms with Crippen molar-refractivity contribution in [2.24, 2.45) is 0 Å². The van der Waals surface area contributed by atoms with Crippen LogP contribution in [0.4, 0.5) is 4.79 Å². The predicted octanol–water partition coefficient (Wildman–Crippen LogP) is 3.70. The topological polar surface area (TPSA) is 105 Å². The Morgan fingerprint density at radius 1 is 1.26 bits per heavy atom. The van der Waals surface area contributed by atoms with Gasteiger partial charge in [-0.1, -0.05) is 29.8 Å². The molecular formula is C22H19ClN2O6. The van der Waals surface area contributed by atoms with Gasteiger partial charge in [-0.15, -0.1) is 6.58 Å². The molecule has 1 aliphatic heterocycles. The van der Waals surface area contributed by atoms with Gasteiger partial charge in [0.05, 0.1) is 17.7 Å². The maximum Gasteiger partial charge on any atom is 0.335 e. The minimum atomic E-state index is -1.01. The van der Waals surface area contributed by atoms with Gasteiger partial charge in [-0.25, -0.2) is 9.59 Å². The van der Waals surface area contributed by atoms with Crippen LogP contribution in [0.3, 0.4) is 0 Å². The minimum absolute atomic E-state index is 0.103. The number of urea groups is 1. The first-order valence-corrected chi connectivity index (χ1v) is 9.50. The number of nitrogens with zero attached hydrogens (tertiary/aromatic N) is 1. The smallest absolute Gasteiger partial charge is 0.335 e. The largest absolute Gasteiger partial charge is 0.493 e. The number of methoxy groups -OCH3 is 1. The third-order valence-corrected chi connectivity index (χ3v) is 4.70. The molecular weight excluding hydrogens is 424 g/mol. The van der Waals surface area contributed by atoms with E-state index in [4.69, 9.17) is 26.2 Å². The Balaban J connectivity index is 1.80. The number of benzene rings is 2. The molecule has 1 fully saturated rings. The summed E-state index contributed by atoms with van der Waals surface area (Å²) in [6.45, 7) is 3.77. The number of halogens is 1. The van der Waals surface area contributed by atoms with E-state index >= 15 is 0 Å². The molecule has 2 aromatic rings. The molecule has 0 saturated carbocycles. The molecule has 3 amide bonds. The van der Waals surface area contributed by atoms with Crippen LogP contribution in [0.25, 0.3) is 6.08 Å². The summed E-state index contributed by atoms with van der Waals surface area (Å²) >= 11 is 6.37. The van der Waals surface area contributed by atoms with Crippen molar-refractivity contribution in [2.45, 2.75) is 6.61 Å². The number of carboxylic acid groups (broad SMARTS) is 1. The van der Waals surface area contributed by atoms with Crippen LogP contribution in [0.5, 0.6) is 11.5 Å². The minimum Gasteiger partial charge on any atom is -0.493 e. The number of carboxylic acids is 1. The van der Waals surface area contributed by atoms with Crippen LogP contribution < -0.4 is 14.8 Å². The first-order chi connectivity index (χ1) is 14.8. The fourth-order valence-electron chi connectivity index (χ4n) is 2.90. The van der Waals surface area contributed by atoms with Gasteiger partial charge < -0.3 is 19.9 Å². The Morgan fingerprint density at radius 2 is 1.97 bits per heavy atom. The number of hydrogen-bond acceptors (Lipinski definition) is 5. The van der Waals surface area contributed by atoms with E-state index in [1.807, 2.05) is 0 Å². The molecule has 3 rings (SSSR count). The Bertz CT molecular complexity index is 1080. The van der Waals surface area contributed by atoms with E-state index in [-0.39, 0.29) is 29.4 Å². The number of hydrogen-bond donors (Lipinski definition) is 2. The molecule has 1 saturated heterocycles. The van der Waals surface area contributed by atoms with Gasteiger partial charge in [-0.05, 0) is 41.5 Å². The zero-order valence-electron chi connectivity index (χ0n) is 16.6. The van der Waals surface area contributed by atoms with Crippen molar-refractivity contribution >= 4 is 35.6 Å². The van der Waals surface area contributed by atoms with Crippen LogP contribution >= 0.6 is 11.6 Å². The lowest BCUT2D eigenvalue weighted by atomic mass is 10.1. The van der Waals surface area contributed by atoms with E-state index in [2.05, 4.69) is 11.9 Å². The van der Waals surface area contributed by atoms with Crippen molar-refractivity contribution in [1.82, 2.24) is 10.2 Å². The summed E-state index contributed by atoms with van der Waals surface area (Å²) < 4.78 is 11.1. The number of ether oxygens (including phenoxy) is 2. The standard InChI is InChI=1S/C22H19ClN2O6/c1-3-8-25-20(26)17(24-22(25)29)10-14-9-16(23)19(18(11-14)30-2)31-12-13-4-6-15(7-5-13)21(27)28/h3-7,9-11H,1,8,12H2,2H3,(H,24,29)(H,27,28). The first-order valence-electron chi connectivity index (χ1n) is 9.12. The predicted molar refractivity (Wildman–Crippen MR) is 114 cm³/mol. The van der Waals surface area contributed by atoms with Gasteiger partial charge in [0.15, 0.2) is 11.5 Å². The third kappa shape index (κ3) is 4.87. The van der Waals surface area contributed by atoms with Gasteiger partial charge in [-0.2, -0.15) is 0 Å². The summed E-state index contributed by atoms with van der Waals surface area (Å²) in [6, 6.07) is 8.93. The summed E-state index contributed by atoms with van der Waals surface area (Å²) in [5.41, 5.74) is 1.56. The molecule has 0 bridgehead atoms. The van der Waals surface area contributed by atoms with Crippen molar-refractivity contribution in [3.8, 4) is 11.5 Å². The Kier molecular flexibility index (Phi) is 6.61. The molecule has 0 spiro atoms. The van der Waals surface area contributed by atoms with Crippen molar-refractivity contribution in [3.63, 3.8) is 0 Å². The highest BCUT2D eigenvalue weighted by Gasteiger charge is 2.32. The van der Waals surface area contributed by atoms with Crippen LogP contribution in [0, 0.1) is 0 Å². The van der Waals surface area contributed by atoms with Gasteiger partial charge in [0.2, 0.25) is 0 Å². The summed E-state index contributed by atoms with van der Waals surface area (Å²) in [7, 11) is 1.45. The monoisotopic (exact) mass is 442 g/mol. The molecule has 8 nitrogen and oxygen atoms in total. The number of carbonyl (C=O) groups is 3.